The van der Waals surface area contributed by atoms with Gasteiger partial charge in [0.1, 0.15) is 12.0 Å². The second-order valence-corrected chi connectivity index (χ2v) is 9.73. The van der Waals surface area contributed by atoms with Gasteiger partial charge in [-0.1, -0.05) is 66.7 Å². The van der Waals surface area contributed by atoms with Gasteiger partial charge in [-0.3, -0.25) is 9.69 Å². The lowest BCUT2D eigenvalue weighted by atomic mass is 9.82. The van der Waals surface area contributed by atoms with Crippen LogP contribution >= 0.6 is 0 Å². The molecule has 1 N–H and O–H groups in total. The number of nitrogens with zero attached hydrogens (tertiary/aromatic N) is 2. The molecule has 1 amide bonds. The summed E-state index contributed by atoms with van der Waals surface area (Å²) >= 11 is 0. The molecule has 0 spiro atoms. The molecule has 37 heavy (non-hydrogen) atoms. The van der Waals surface area contributed by atoms with Crippen LogP contribution in [-0.2, 0) is 0 Å². The second-order valence-electron chi connectivity index (χ2n) is 9.73. The predicted octanol–water partition coefficient (Wildman–Crippen LogP) is 6.23. The van der Waals surface area contributed by atoms with Gasteiger partial charge in [0.05, 0.1) is 18.3 Å². The third-order valence-electron chi connectivity index (χ3n) is 7.38. The lowest BCUT2D eigenvalue weighted by Gasteiger charge is -2.48. The molecule has 0 aromatic heterocycles. The van der Waals surface area contributed by atoms with Gasteiger partial charge in [-0.25, -0.2) is 4.79 Å². The average molecular weight is 497 g/mol. The van der Waals surface area contributed by atoms with E-state index in [2.05, 4.69) is 4.90 Å². The molecule has 3 fully saturated rings. The van der Waals surface area contributed by atoms with E-state index in [1.165, 1.54) is 0 Å². The van der Waals surface area contributed by atoms with E-state index >= 15 is 0 Å². The molecule has 6 rings (SSSR count). The molecule has 3 aromatic rings. The molecule has 1 atom stereocenters. The highest BCUT2D eigenvalue weighted by Gasteiger charge is 2.40. The van der Waals surface area contributed by atoms with Gasteiger partial charge in [0.2, 0.25) is 0 Å². The van der Waals surface area contributed by atoms with Crippen molar-refractivity contribution in [3.05, 3.63) is 90.0 Å². The third kappa shape index (κ3) is 5.75. The van der Waals surface area contributed by atoms with Crippen LogP contribution in [0.25, 0.3) is 17.2 Å². The minimum absolute atomic E-state index is 0.0442. The van der Waals surface area contributed by atoms with Crippen molar-refractivity contribution in [1.29, 1.82) is 0 Å². The molecule has 3 aliphatic heterocycles. The quantitative estimate of drug-likeness (QED) is 0.281. The number of carbonyl (C=O) groups is 2. The Kier molecular flexibility index (Phi) is 7.66. The zero-order chi connectivity index (χ0) is 25.6. The molecule has 0 aliphatic carbocycles. The van der Waals surface area contributed by atoms with E-state index in [0.717, 1.165) is 61.1 Å². The van der Waals surface area contributed by atoms with Crippen molar-refractivity contribution in [1.82, 2.24) is 4.90 Å². The minimum Gasteiger partial charge on any atom is -0.493 e. The first-order chi connectivity index (χ1) is 18.1. The highest BCUT2D eigenvalue weighted by atomic mass is 16.5. The van der Waals surface area contributed by atoms with Gasteiger partial charge in [0.25, 0.3) is 0 Å². The van der Waals surface area contributed by atoms with Gasteiger partial charge in [-0.05, 0) is 67.6 Å². The van der Waals surface area contributed by atoms with E-state index in [1.54, 1.807) is 23.1 Å². The Morgan fingerprint density at radius 1 is 1.00 bits per heavy atom. The molecular formula is C31H32N2O4. The molecule has 6 heteroatoms. The fraction of sp³-hybridized carbons (Fsp3) is 0.290. The van der Waals surface area contributed by atoms with Crippen molar-refractivity contribution < 1.29 is 19.4 Å². The topological polar surface area (TPSA) is 70.1 Å². The maximum Gasteiger partial charge on any atom is 0.412 e. The highest BCUT2D eigenvalue weighted by Crippen LogP contribution is 2.38. The summed E-state index contributed by atoms with van der Waals surface area (Å²) in [4.78, 5) is 27.7. The lowest BCUT2D eigenvalue weighted by Crippen LogP contribution is -2.59. The Labute approximate surface area is 217 Å². The summed E-state index contributed by atoms with van der Waals surface area (Å²) in [6.07, 6.45) is 6.73. The number of aldehydes is 1. The Balaban J connectivity index is 1.38. The summed E-state index contributed by atoms with van der Waals surface area (Å²) in [5.74, 6) is 1.06. The van der Waals surface area contributed by atoms with Crippen LogP contribution in [0.15, 0.2) is 78.9 Å². The number of rotatable bonds is 9. The SMILES string of the molecule is O=Cc1cccc(OCCC=Cc2ccc(-c3ccccc3)c(N(C(=O)O)[C@H]3CN4CCC3CC4)c2)c1. The van der Waals surface area contributed by atoms with Crippen LogP contribution in [0.2, 0.25) is 0 Å². The van der Waals surface area contributed by atoms with Gasteiger partial charge in [0.15, 0.2) is 0 Å². The number of fused-ring (bicyclic) bond motifs is 3. The van der Waals surface area contributed by atoms with Gasteiger partial charge < -0.3 is 14.7 Å². The van der Waals surface area contributed by atoms with Crippen LogP contribution in [0.1, 0.15) is 35.2 Å². The Hall–Kier alpha value is -3.90. The normalized spacial score (nSPS) is 20.6. The van der Waals surface area contributed by atoms with E-state index in [9.17, 15) is 14.7 Å². The number of ether oxygens (including phenoxy) is 1. The smallest absolute Gasteiger partial charge is 0.412 e. The Bertz CT molecular complexity index is 1270. The zero-order valence-corrected chi connectivity index (χ0v) is 20.8. The van der Waals surface area contributed by atoms with Gasteiger partial charge in [0, 0.05) is 17.7 Å². The molecule has 0 saturated carbocycles. The fourth-order valence-corrected chi connectivity index (χ4v) is 5.51. The average Bonchev–Trinajstić information content (AvgIpc) is 2.94. The van der Waals surface area contributed by atoms with E-state index < -0.39 is 6.09 Å². The maximum absolute atomic E-state index is 12.7. The van der Waals surface area contributed by atoms with Crippen LogP contribution in [0.4, 0.5) is 10.5 Å². The summed E-state index contributed by atoms with van der Waals surface area (Å²) in [5, 5.41) is 10.4. The molecule has 3 saturated heterocycles. The molecular weight excluding hydrogens is 464 g/mol. The van der Waals surface area contributed by atoms with E-state index in [-0.39, 0.29) is 6.04 Å². The van der Waals surface area contributed by atoms with Crippen molar-refractivity contribution >= 4 is 24.1 Å². The Morgan fingerprint density at radius 3 is 2.51 bits per heavy atom. The molecule has 0 radical (unpaired) electrons. The molecule has 190 valence electrons. The van der Waals surface area contributed by atoms with Crippen LogP contribution < -0.4 is 9.64 Å². The summed E-state index contributed by atoms with van der Waals surface area (Å²) in [6, 6.07) is 23.1. The fourth-order valence-electron chi connectivity index (χ4n) is 5.51. The molecule has 3 aliphatic rings. The van der Waals surface area contributed by atoms with Crippen LogP contribution in [0.3, 0.4) is 0 Å². The first-order valence-corrected chi connectivity index (χ1v) is 12.9. The number of carboxylic acid groups (broad SMARTS) is 1. The standard InChI is InChI=1S/C31H32N2O4/c34-22-24-8-6-11-27(19-24)37-18-5-4-7-23-12-13-28(25-9-2-1-3-10-25)29(20-23)33(31(35)36)30-21-32-16-14-26(30)15-17-32/h1-4,6-13,19-20,22,26,30H,5,14-18,21H2,(H,35,36)/t30-/m0/s1. The first kappa shape index (κ1) is 24.8. The number of hydrogen-bond acceptors (Lipinski definition) is 4. The van der Waals surface area contributed by atoms with Gasteiger partial charge in [-0.15, -0.1) is 0 Å². The lowest BCUT2D eigenvalue weighted by molar-refractivity contribution is 0.0838. The predicted molar refractivity (Wildman–Crippen MR) is 146 cm³/mol. The van der Waals surface area contributed by atoms with Crippen LogP contribution in [-0.4, -0.2) is 54.7 Å². The molecule has 0 unspecified atom stereocenters. The third-order valence-corrected chi connectivity index (χ3v) is 7.38. The number of benzene rings is 3. The van der Waals surface area contributed by atoms with E-state index in [1.807, 2.05) is 66.7 Å². The number of piperidine rings is 3. The van der Waals surface area contributed by atoms with Crippen molar-refractivity contribution in [2.75, 3.05) is 31.1 Å². The molecule has 3 heterocycles. The monoisotopic (exact) mass is 496 g/mol. The van der Waals surface area contributed by atoms with Gasteiger partial charge in [-0.2, -0.15) is 0 Å². The summed E-state index contributed by atoms with van der Waals surface area (Å²) in [5.41, 5.74) is 4.21. The second kappa shape index (κ2) is 11.4. The van der Waals surface area contributed by atoms with Crippen molar-refractivity contribution in [2.45, 2.75) is 25.3 Å². The summed E-state index contributed by atoms with van der Waals surface area (Å²) in [7, 11) is 0. The maximum atomic E-state index is 12.7. The van der Waals surface area contributed by atoms with Crippen molar-refractivity contribution in [3.63, 3.8) is 0 Å². The molecule has 6 nitrogen and oxygen atoms in total. The zero-order valence-electron chi connectivity index (χ0n) is 20.8. The summed E-state index contributed by atoms with van der Waals surface area (Å²) in [6.45, 7) is 3.39. The van der Waals surface area contributed by atoms with Crippen LogP contribution in [0, 0.1) is 5.92 Å². The van der Waals surface area contributed by atoms with E-state index in [4.69, 9.17) is 4.74 Å². The molecule has 2 bridgehead atoms. The van der Waals surface area contributed by atoms with Crippen molar-refractivity contribution in [2.24, 2.45) is 5.92 Å². The first-order valence-electron chi connectivity index (χ1n) is 12.9. The number of amides is 1. The highest BCUT2D eigenvalue weighted by molar-refractivity contribution is 5.94. The van der Waals surface area contributed by atoms with Crippen LogP contribution in [0.5, 0.6) is 5.75 Å². The Morgan fingerprint density at radius 2 is 1.81 bits per heavy atom. The van der Waals surface area contributed by atoms with Gasteiger partial charge >= 0.3 is 6.09 Å². The minimum atomic E-state index is -0.900. The van der Waals surface area contributed by atoms with Crippen molar-refractivity contribution in [3.8, 4) is 16.9 Å². The summed E-state index contributed by atoms with van der Waals surface area (Å²) < 4.78 is 5.76. The largest absolute Gasteiger partial charge is 0.493 e. The molecule has 3 aromatic carbocycles. The number of anilines is 1. The number of hydrogen-bond donors (Lipinski definition) is 1. The van der Waals surface area contributed by atoms with E-state index in [0.29, 0.717) is 30.3 Å². The number of carbonyl (C=O) groups excluding carboxylic acids is 1.